The molecule has 1 rings (SSSR count). The Hall–Kier alpha value is -1.29. The van der Waals surface area contributed by atoms with Crippen molar-refractivity contribution in [2.45, 2.75) is 0 Å². The van der Waals surface area contributed by atoms with Crippen LogP contribution in [0.2, 0.25) is 5.02 Å². The van der Waals surface area contributed by atoms with Crippen molar-refractivity contribution in [3.63, 3.8) is 0 Å². The van der Waals surface area contributed by atoms with Gasteiger partial charge in [-0.2, -0.15) is 0 Å². The molecule has 0 fully saturated rings. The molecule has 0 saturated carbocycles. The first-order valence-corrected chi connectivity index (χ1v) is 3.33. The molecule has 1 aromatic carbocycles. The SMILES string of the molecule is O=C(O)Oc1ccc(Cl)c(F)c1. The zero-order chi connectivity index (χ0) is 9.14. The minimum atomic E-state index is -1.49. The third kappa shape index (κ3) is 2.10. The molecule has 3 nitrogen and oxygen atoms in total. The summed E-state index contributed by atoms with van der Waals surface area (Å²) in [5.41, 5.74) is 0. The van der Waals surface area contributed by atoms with Gasteiger partial charge in [-0.25, -0.2) is 9.18 Å². The molecule has 0 heterocycles. The van der Waals surface area contributed by atoms with Crippen LogP contribution in [0, 0.1) is 5.82 Å². The van der Waals surface area contributed by atoms with E-state index in [4.69, 9.17) is 16.7 Å². The molecule has 0 unspecified atom stereocenters. The number of halogens is 2. The van der Waals surface area contributed by atoms with Gasteiger partial charge in [0.15, 0.2) is 0 Å². The quantitative estimate of drug-likeness (QED) is 0.547. The first kappa shape index (κ1) is 8.80. The number of carbonyl (C=O) groups is 1. The minimum absolute atomic E-state index is 0.0762. The van der Waals surface area contributed by atoms with Crippen molar-refractivity contribution < 1.29 is 19.0 Å². The van der Waals surface area contributed by atoms with Gasteiger partial charge >= 0.3 is 6.16 Å². The molecular weight excluding hydrogens is 187 g/mol. The second kappa shape index (κ2) is 3.40. The lowest BCUT2D eigenvalue weighted by atomic mass is 10.3. The van der Waals surface area contributed by atoms with Crippen molar-refractivity contribution in [1.29, 1.82) is 0 Å². The predicted molar refractivity (Wildman–Crippen MR) is 40.1 cm³/mol. The van der Waals surface area contributed by atoms with E-state index in [0.717, 1.165) is 6.07 Å². The smallest absolute Gasteiger partial charge is 0.449 e. The zero-order valence-electron chi connectivity index (χ0n) is 5.75. The molecule has 0 bridgehead atoms. The third-order valence-corrected chi connectivity index (χ3v) is 1.40. The number of hydrogen-bond donors (Lipinski definition) is 1. The molecule has 0 saturated heterocycles. The summed E-state index contributed by atoms with van der Waals surface area (Å²) in [4.78, 5) is 9.99. The highest BCUT2D eigenvalue weighted by Gasteiger charge is 2.04. The summed E-state index contributed by atoms with van der Waals surface area (Å²) in [6.45, 7) is 0. The minimum Gasteiger partial charge on any atom is -0.449 e. The molecule has 64 valence electrons. The van der Waals surface area contributed by atoms with E-state index in [9.17, 15) is 9.18 Å². The summed E-state index contributed by atoms with van der Waals surface area (Å²) in [7, 11) is 0. The number of benzene rings is 1. The summed E-state index contributed by atoms with van der Waals surface area (Å²) in [5, 5.41) is 8.07. The number of rotatable bonds is 1. The van der Waals surface area contributed by atoms with E-state index in [-0.39, 0.29) is 10.8 Å². The van der Waals surface area contributed by atoms with Gasteiger partial charge < -0.3 is 9.84 Å². The predicted octanol–water partition coefficient (Wildman–Crippen LogP) is 2.54. The summed E-state index contributed by atoms with van der Waals surface area (Å²) >= 11 is 5.34. The second-order valence-corrected chi connectivity index (χ2v) is 2.35. The first-order chi connectivity index (χ1) is 5.59. The fourth-order valence-corrected chi connectivity index (χ4v) is 0.759. The monoisotopic (exact) mass is 190 g/mol. The Balaban J connectivity index is 2.89. The molecule has 0 amide bonds. The Labute approximate surface area is 72.3 Å². The third-order valence-electron chi connectivity index (χ3n) is 1.10. The number of ether oxygens (including phenoxy) is 1. The van der Waals surface area contributed by atoms with E-state index >= 15 is 0 Å². The van der Waals surface area contributed by atoms with Gasteiger partial charge in [0.1, 0.15) is 11.6 Å². The Morgan fingerprint density at radius 1 is 1.58 bits per heavy atom. The average Bonchev–Trinajstić information content (AvgIpc) is 1.96. The molecule has 1 N–H and O–H groups in total. The van der Waals surface area contributed by atoms with Gasteiger partial charge in [0.05, 0.1) is 5.02 Å². The van der Waals surface area contributed by atoms with E-state index in [2.05, 4.69) is 4.74 Å². The standard InChI is InChI=1S/C7H4ClFO3/c8-5-2-1-4(3-6(5)9)12-7(10)11/h1-3H,(H,10,11). The highest BCUT2D eigenvalue weighted by molar-refractivity contribution is 6.30. The lowest BCUT2D eigenvalue weighted by molar-refractivity contribution is 0.144. The van der Waals surface area contributed by atoms with E-state index < -0.39 is 12.0 Å². The zero-order valence-corrected chi connectivity index (χ0v) is 6.51. The van der Waals surface area contributed by atoms with Crippen molar-refractivity contribution >= 4 is 17.8 Å². The Kier molecular flexibility index (Phi) is 2.50. The first-order valence-electron chi connectivity index (χ1n) is 2.95. The number of hydrogen-bond acceptors (Lipinski definition) is 2. The van der Waals surface area contributed by atoms with Gasteiger partial charge in [0, 0.05) is 6.07 Å². The Morgan fingerprint density at radius 3 is 2.75 bits per heavy atom. The van der Waals surface area contributed by atoms with Crippen LogP contribution >= 0.6 is 11.6 Å². The molecule has 0 aliphatic carbocycles. The van der Waals surface area contributed by atoms with Crippen LogP contribution < -0.4 is 4.74 Å². The van der Waals surface area contributed by atoms with Crippen LogP contribution in [0.1, 0.15) is 0 Å². The highest BCUT2D eigenvalue weighted by Crippen LogP contribution is 2.20. The molecule has 0 radical (unpaired) electrons. The maximum atomic E-state index is 12.6. The molecule has 0 atom stereocenters. The van der Waals surface area contributed by atoms with E-state index in [1.165, 1.54) is 12.1 Å². The van der Waals surface area contributed by atoms with Gasteiger partial charge in [-0.05, 0) is 12.1 Å². The highest BCUT2D eigenvalue weighted by atomic mass is 35.5. The van der Waals surface area contributed by atoms with Crippen LogP contribution in [0.15, 0.2) is 18.2 Å². The lowest BCUT2D eigenvalue weighted by Gasteiger charge is -1.99. The van der Waals surface area contributed by atoms with Gasteiger partial charge in [-0.3, -0.25) is 0 Å². The van der Waals surface area contributed by atoms with Crippen molar-refractivity contribution in [3.8, 4) is 5.75 Å². The van der Waals surface area contributed by atoms with Crippen molar-refractivity contribution in [2.75, 3.05) is 0 Å². The molecule has 12 heavy (non-hydrogen) atoms. The van der Waals surface area contributed by atoms with E-state index in [1.807, 2.05) is 0 Å². The summed E-state index contributed by atoms with van der Waals surface area (Å²) in [6.07, 6.45) is -1.49. The molecule has 0 aromatic heterocycles. The normalized spacial score (nSPS) is 9.50. The fourth-order valence-electron chi connectivity index (χ4n) is 0.641. The van der Waals surface area contributed by atoms with Crippen LogP contribution in [-0.4, -0.2) is 11.3 Å². The second-order valence-electron chi connectivity index (χ2n) is 1.94. The molecule has 5 heteroatoms. The average molecular weight is 191 g/mol. The van der Waals surface area contributed by atoms with Crippen LogP contribution in [0.5, 0.6) is 5.75 Å². The molecule has 0 aliphatic rings. The summed E-state index contributed by atoms with van der Waals surface area (Å²) < 4.78 is 16.8. The van der Waals surface area contributed by atoms with Crippen molar-refractivity contribution in [3.05, 3.63) is 29.0 Å². The van der Waals surface area contributed by atoms with E-state index in [1.54, 1.807) is 0 Å². The molecule has 0 spiro atoms. The van der Waals surface area contributed by atoms with Crippen LogP contribution in [0.4, 0.5) is 9.18 Å². The lowest BCUT2D eigenvalue weighted by Crippen LogP contribution is -2.02. The van der Waals surface area contributed by atoms with Crippen molar-refractivity contribution in [2.24, 2.45) is 0 Å². The van der Waals surface area contributed by atoms with Crippen LogP contribution in [0.3, 0.4) is 0 Å². The van der Waals surface area contributed by atoms with E-state index in [0.29, 0.717) is 0 Å². The van der Waals surface area contributed by atoms with Gasteiger partial charge in [-0.1, -0.05) is 11.6 Å². The topological polar surface area (TPSA) is 46.5 Å². The van der Waals surface area contributed by atoms with Crippen molar-refractivity contribution in [1.82, 2.24) is 0 Å². The largest absolute Gasteiger partial charge is 0.511 e. The molecule has 0 aliphatic heterocycles. The summed E-state index contributed by atoms with van der Waals surface area (Å²) in [6, 6.07) is 3.38. The Morgan fingerprint density at radius 2 is 2.25 bits per heavy atom. The molecule has 1 aromatic rings. The summed E-state index contributed by atoms with van der Waals surface area (Å²) in [5.74, 6) is -0.806. The van der Waals surface area contributed by atoms with Crippen LogP contribution in [0.25, 0.3) is 0 Å². The molecular formula is C7H4ClFO3. The Bertz CT molecular complexity index is 314. The fraction of sp³-hybridized carbons (Fsp3) is 0. The van der Waals surface area contributed by atoms with Gasteiger partial charge in [0.25, 0.3) is 0 Å². The van der Waals surface area contributed by atoms with Crippen LogP contribution in [-0.2, 0) is 0 Å². The number of carboxylic acid groups (broad SMARTS) is 1. The van der Waals surface area contributed by atoms with Gasteiger partial charge in [-0.15, -0.1) is 0 Å². The van der Waals surface area contributed by atoms with Gasteiger partial charge in [0.2, 0.25) is 0 Å². The maximum absolute atomic E-state index is 12.6. The maximum Gasteiger partial charge on any atom is 0.511 e.